The lowest BCUT2D eigenvalue weighted by Crippen LogP contribution is -2.15. The number of aromatic nitrogens is 4. The van der Waals surface area contributed by atoms with Crippen molar-refractivity contribution in [2.45, 2.75) is 40.2 Å². The highest BCUT2D eigenvalue weighted by atomic mass is 16.5. The molecular formula is C15H22N4O2. The zero-order chi connectivity index (χ0) is 15.7. The Balaban J connectivity index is 2.39. The SMILES string of the molecule is COc1cnn(C(C)C)c1C(=O)Cc1c(C)nn(C)c1C. The molecule has 21 heavy (non-hydrogen) atoms. The lowest BCUT2D eigenvalue weighted by atomic mass is 10.0. The number of carbonyl (C=O) groups excluding carboxylic acids is 1. The van der Waals surface area contributed by atoms with Crippen LogP contribution in [0.2, 0.25) is 0 Å². The molecular weight excluding hydrogens is 268 g/mol. The summed E-state index contributed by atoms with van der Waals surface area (Å²) >= 11 is 0. The number of hydrogen-bond donors (Lipinski definition) is 0. The molecule has 0 spiro atoms. The molecule has 0 saturated heterocycles. The van der Waals surface area contributed by atoms with Gasteiger partial charge in [0.15, 0.2) is 11.5 Å². The van der Waals surface area contributed by atoms with Gasteiger partial charge >= 0.3 is 0 Å². The van der Waals surface area contributed by atoms with Crippen LogP contribution in [-0.4, -0.2) is 32.5 Å². The van der Waals surface area contributed by atoms with Crippen LogP contribution in [0.25, 0.3) is 0 Å². The summed E-state index contributed by atoms with van der Waals surface area (Å²) in [5.41, 5.74) is 3.39. The number of ketones is 1. The number of aryl methyl sites for hydroxylation is 2. The molecule has 0 aliphatic rings. The molecule has 0 bridgehead atoms. The first-order chi connectivity index (χ1) is 9.86. The first-order valence-corrected chi connectivity index (χ1v) is 7.00. The second kappa shape index (κ2) is 5.71. The monoisotopic (exact) mass is 290 g/mol. The van der Waals surface area contributed by atoms with E-state index in [-0.39, 0.29) is 11.8 Å². The molecule has 0 unspecified atom stereocenters. The predicted octanol–water partition coefficient (Wildman–Crippen LogP) is 2.25. The number of carbonyl (C=O) groups is 1. The second-order valence-electron chi connectivity index (χ2n) is 5.47. The van der Waals surface area contributed by atoms with Gasteiger partial charge in [-0.25, -0.2) is 0 Å². The van der Waals surface area contributed by atoms with Crippen LogP contribution in [0.15, 0.2) is 6.20 Å². The highest BCUT2D eigenvalue weighted by Gasteiger charge is 2.23. The molecule has 6 heteroatoms. The number of hydrogen-bond acceptors (Lipinski definition) is 4. The molecule has 0 N–H and O–H groups in total. The van der Waals surface area contributed by atoms with Crippen molar-refractivity contribution in [3.05, 3.63) is 28.8 Å². The largest absolute Gasteiger partial charge is 0.493 e. The molecule has 0 saturated carbocycles. The van der Waals surface area contributed by atoms with Crippen molar-refractivity contribution in [1.29, 1.82) is 0 Å². The van der Waals surface area contributed by atoms with E-state index < -0.39 is 0 Å². The lowest BCUT2D eigenvalue weighted by Gasteiger charge is -2.11. The van der Waals surface area contributed by atoms with Crippen LogP contribution >= 0.6 is 0 Å². The Hall–Kier alpha value is -2.11. The van der Waals surface area contributed by atoms with E-state index in [2.05, 4.69) is 10.2 Å². The van der Waals surface area contributed by atoms with E-state index in [9.17, 15) is 4.79 Å². The number of rotatable bonds is 5. The van der Waals surface area contributed by atoms with E-state index in [1.165, 1.54) is 0 Å². The van der Waals surface area contributed by atoms with Gasteiger partial charge in [-0.3, -0.25) is 14.2 Å². The number of ether oxygens (including phenoxy) is 1. The van der Waals surface area contributed by atoms with Crippen LogP contribution in [0.5, 0.6) is 5.75 Å². The summed E-state index contributed by atoms with van der Waals surface area (Å²) in [6, 6.07) is 0.101. The fourth-order valence-corrected chi connectivity index (χ4v) is 2.47. The van der Waals surface area contributed by atoms with Crippen molar-refractivity contribution in [3.63, 3.8) is 0 Å². The maximum absolute atomic E-state index is 12.7. The fraction of sp³-hybridized carbons (Fsp3) is 0.533. The third-order valence-electron chi connectivity index (χ3n) is 3.73. The highest BCUT2D eigenvalue weighted by molar-refractivity contribution is 5.98. The first-order valence-electron chi connectivity index (χ1n) is 7.00. The van der Waals surface area contributed by atoms with Gasteiger partial charge in [-0.15, -0.1) is 0 Å². The van der Waals surface area contributed by atoms with E-state index in [1.54, 1.807) is 22.7 Å². The van der Waals surface area contributed by atoms with Crippen LogP contribution in [0.1, 0.15) is 47.3 Å². The maximum atomic E-state index is 12.7. The fourth-order valence-electron chi connectivity index (χ4n) is 2.47. The summed E-state index contributed by atoms with van der Waals surface area (Å²) in [4.78, 5) is 12.7. The summed E-state index contributed by atoms with van der Waals surface area (Å²) in [6.07, 6.45) is 1.90. The minimum atomic E-state index is -0.00255. The Bertz CT molecular complexity index is 668. The molecule has 0 amide bonds. The molecule has 6 nitrogen and oxygen atoms in total. The van der Waals surface area contributed by atoms with Crippen molar-refractivity contribution in [3.8, 4) is 5.75 Å². The standard InChI is InChI=1S/C15H22N4O2/c1-9(2)19-15(14(21-6)8-16-19)13(20)7-12-10(3)17-18(5)11(12)4/h8-9H,7H2,1-6H3. The molecule has 0 radical (unpaired) electrons. The number of methoxy groups -OCH3 is 1. The molecule has 0 fully saturated rings. The van der Waals surface area contributed by atoms with Gasteiger partial charge in [0, 0.05) is 30.8 Å². The molecule has 0 aromatic carbocycles. The molecule has 2 heterocycles. The van der Waals surface area contributed by atoms with Crippen molar-refractivity contribution < 1.29 is 9.53 Å². The van der Waals surface area contributed by atoms with Gasteiger partial charge in [0.05, 0.1) is 19.0 Å². The van der Waals surface area contributed by atoms with Crippen LogP contribution in [0.4, 0.5) is 0 Å². The van der Waals surface area contributed by atoms with Crippen LogP contribution < -0.4 is 4.74 Å². The highest BCUT2D eigenvalue weighted by Crippen LogP contribution is 2.24. The molecule has 2 rings (SSSR count). The van der Waals surface area contributed by atoms with Crippen LogP contribution in [0, 0.1) is 13.8 Å². The van der Waals surface area contributed by atoms with E-state index in [0.29, 0.717) is 17.9 Å². The summed E-state index contributed by atoms with van der Waals surface area (Å²) < 4.78 is 8.79. The molecule has 2 aromatic heterocycles. The average molecular weight is 290 g/mol. The van der Waals surface area contributed by atoms with Gasteiger partial charge < -0.3 is 4.74 Å². The van der Waals surface area contributed by atoms with E-state index in [0.717, 1.165) is 17.0 Å². The zero-order valence-electron chi connectivity index (χ0n) is 13.5. The Morgan fingerprint density at radius 3 is 2.52 bits per heavy atom. The Morgan fingerprint density at radius 1 is 1.38 bits per heavy atom. The second-order valence-corrected chi connectivity index (χ2v) is 5.47. The Labute approximate surface area is 124 Å². The van der Waals surface area contributed by atoms with Gasteiger partial charge in [0.2, 0.25) is 0 Å². The smallest absolute Gasteiger partial charge is 0.189 e. The van der Waals surface area contributed by atoms with E-state index in [1.807, 2.05) is 34.7 Å². The molecule has 2 aromatic rings. The van der Waals surface area contributed by atoms with Crippen molar-refractivity contribution >= 4 is 5.78 Å². The first kappa shape index (κ1) is 15.3. The van der Waals surface area contributed by atoms with Crippen molar-refractivity contribution in [1.82, 2.24) is 19.6 Å². The number of Topliss-reactive ketones (excluding diaryl/α,β-unsaturated/α-hetero) is 1. The molecule has 0 atom stereocenters. The van der Waals surface area contributed by atoms with Gasteiger partial charge in [-0.05, 0) is 27.7 Å². The van der Waals surface area contributed by atoms with Gasteiger partial charge in [-0.2, -0.15) is 10.2 Å². The van der Waals surface area contributed by atoms with Gasteiger partial charge in [0.25, 0.3) is 0 Å². The minimum absolute atomic E-state index is 0.00255. The van der Waals surface area contributed by atoms with Gasteiger partial charge in [0.1, 0.15) is 5.69 Å². The minimum Gasteiger partial charge on any atom is -0.493 e. The van der Waals surface area contributed by atoms with Crippen molar-refractivity contribution in [2.75, 3.05) is 7.11 Å². The zero-order valence-corrected chi connectivity index (χ0v) is 13.5. The van der Waals surface area contributed by atoms with E-state index >= 15 is 0 Å². The average Bonchev–Trinajstić information content (AvgIpc) is 2.95. The van der Waals surface area contributed by atoms with E-state index in [4.69, 9.17) is 4.74 Å². The summed E-state index contributed by atoms with van der Waals surface area (Å²) in [5, 5.41) is 8.61. The van der Waals surface area contributed by atoms with Crippen LogP contribution in [-0.2, 0) is 13.5 Å². The molecule has 114 valence electrons. The Morgan fingerprint density at radius 2 is 2.05 bits per heavy atom. The third-order valence-corrected chi connectivity index (χ3v) is 3.73. The Kier molecular flexibility index (Phi) is 4.16. The number of nitrogens with zero attached hydrogens (tertiary/aromatic N) is 4. The van der Waals surface area contributed by atoms with Gasteiger partial charge in [-0.1, -0.05) is 0 Å². The normalized spacial score (nSPS) is 11.2. The van der Waals surface area contributed by atoms with Crippen molar-refractivity contribution in [2.24, 2.45) is 7.05 Å². The third kappa shape index (κ3) is 2.70. The quantitative estimate of drug-likeness (QED) is 0.792. The summed E-state index contributed by atoms with van der Waals surface area (Å²) in [5.74, 6) is 0.519. The maximum Gasteiger partial charge on any atom is 0.189 e. The predicted molar refractivity (Wildman–Crippen MR) is 79.9 cm³/mol. The lowest BCUT2D eigenvalue weighted by molar-refractivity contribution is 0.0977. The topological polar surface area (TPSA) is 61.9 Å². The molecule has 0 aliphatic carbocycles. The molecule has 0 aliphatic heterocycles. The summed E-state index contributed by atoms with van der Waals surface area (Å²) in [6.45, 7) is 7.87. The summed E-state index contributed by atoms with van der Waals surface area (Å²) in [7, 11) is 3.44. The van der Waals surface area contributed by atoms with Crippen LogP contribution in [0.3, 0.4) is 0 Å².